The van der Waals surface area contributed by atoms with Gasteiger partial charge in [0.25, 0.3) is 5.89 Å². The van der Waals surface area contributed by atoms with Gasteiger partial charge in [-0.1, -0.05) is 5.10 Å². The van der Waals surface area contributed by atoms with Crippen LogP contribution in [-0.4, -0.2) is 41.5 Å². The summed E-state index contributed by atoms with van der Waals surface area (Å²) in [4.78, 5) is 5.95. The third-order valence-electron chi connectivity index (χ3n) is 2.59. The third-order valence-corrected chi connectivity index (χ3v) is 2.59. The highest BCUT2D eigenvalue weighted by Crippen LogP contribution is 2.19. The molecule has 0 aliphatic carbocycles. The van der Waals surface area contributed by atoms with E-state index in [1.54, 1.807) is 0 Å². The number of ether oxygens (including phenoxy) is 1. The van der Waals surface area contributed by atoms with E-state index in [1.165, 1.54) is 18.6 Å². The molecule has 0 atom stereocenters. The van der Waals surface area contributed by atoms with Crippen molar-refractivity contribution in [1.82, 2.24) is 15.2 Å². The number of aromatic nitrogens is 4. The Labute approximate surface area is 102 Å². The number of hydrogen-bond donors (Lipinski definition) is 0. The molecular formula is C10H11N5O3. The molecule has 3 heterocycles. The maximum Gasteiger partial charge on any atom is 0.318 e. The van der Waals surface area contributed by atoms with Gasteiger partial charge in [0.1, 0.15) is 0 Å². The van der Waals surface area contributed by atoms with Gasteiger partial charge in [-0.3, -0.25) is 0 Å². The van der Waals surface area contributed by atoms with Crippen LogP contribution in [-0.2, 0) is 4.74 Å². The zero-order valence-corrected chi connectivity index (χ0v) is 9.52. The molecule has 0 N–H and O–H groups in total. The SMILES string of the molecule is [O-][n+]1ccnc(-c2nnc(N3CCOCC3)o2)c1. The average Bonchev–Trinajstić information content (AvgIpc) is 2.89. The fourth-order valence-corrected chi connectivity index (χ4v) is 1.69. The molecule has 8 heteroatoms. The smallest absolute Gasteiger partial charge is 0.318 e. The van der Waals surface area contributed by atoms with Crippen LogP contribution in [0.15, 0.2) is 23.0 Å². The quantitative estimate of drug-likeness (QED) is 0.528. The lowest BCUT2D eigenvalue weighted by atomic mass is 10.4. The largest absolute Gasteiger partial charge is 0.619 e. The van der Waals surface area contributed by atoms with Gasteiger partial charge in [-0.05, 0) is 0 Å². The van der Waals surface area contributed by atoms with Crippen molar-refractivity contribution in [3.63, 3.8) is 0 Å². The highest BCUT2D eigenvalue weighted by molar-refractivity contribution is 5.44. The van der Waals surface area contributed by atoms with Crippen LogP contribution in [0.25, 0.3) is 11.6 Å². The molecule has 1 aliphatic rings. The molecule has 0 aromatic carbocycles. The van der Waals surface area contributed by atoms with E-state index in [0.29, 0.717) is 42.7 Å². The van der Waals surface area contributed by atoms with Crippen LogP contribution in [0.3, 0.4) is 0 Å². The summed E-state index contributed by atoms with van der Waals surface area (Å²) in [5.41, 5.74) is 0.361. The van der Waals surface area contributed by atoms with Gasteiger partial charge in [0.05, 0.1) is 19.4 Å². The molecule has 18 heavy (non-hydrogen) atoms. The van der Waals surface area contributed by atoms with Crippen molar-refractivity contribution in [2.75, 3.05) is 31.2 Å². The predicted molar refractivity (Wildman–Crippen MR) is 59.5 cm³/mol. The maximum atomic E-state index is 11.1. The van der Waals surface area contributed by atoms with Gasteiger partial charge in [0.15, 0.2) is 11.9 Å². The summed E-state index contributed by atoms with van der Waals surface area (Å²) in [7, 11) is 0. The molecule has 8 nitrogen and oxygen atoms in total. The molecule has 0 spiro atoms. The normalized spacial score (nSPS) is 15.9. The van der Waals surface area contributed by atoms with E-state index in [2.05, 4.69) is 15.2 Å². The van der Waals surface area contributed by atoms with Crippen molar-refractivity contribution in [3.05, 3.63) is 23.8 Å². The van der Waals surface area contributed by atoms with Crippen molar-refractivity contribution in [3.8, 4) is 11.6 Å². The average molecular weight is 249 g/mol. The van der Waals surface area contributed by atoms with Crippen molar-refractivity contribution in [2.24, 2.45) is 0 Å². The van der Waals surface area contributed by atoms with Gasteiger partial charge in [-0.15, -0.1) is 5.10 Å². The Balaban J connectivity index is 1.84. The molecule has 0 unspecified atom stereocenters. The van der Waals surface area contributed by atoms with Crippen LogP contribution in [0.4, 0.5) is 6.01 Å². The fraction of sp³-hybridized carbons (Fsp3) is 0.400. The number of morpholine rings is 1. The summed E-state index contributed by atoms with van der Waals surface area (Å²) in [5, 5.41) is 19.0. The van der Waals surface area contributed by atoms with Crippen molar-refractivity contribution < 1.29 is 13.9 Å². The topological polar surface area (TPSA) is 91.2 Å². The van der Waals surface area contributed by atoms with E-state index < -0.39 is 0 Å². The Morgan fingerprint density at radius 3 is 2.89 bits per heavy atom. The minimum atomic E-state index is 0.238. The molecule has 0 amide bonds. The minimum absolute atomic E-state index is 0.238. The van der Waals surface area contributed by atoms with E-state index in [0.717, 1.165) is 0 Å². The first-order chi connectivity index (χ1) is 8.83. The molecule has 1 saturated heterocycles. The Morgan fingerprint density at radius 1 is 1.28 bits per heavy atom. The molecule has 0 saturated carbocycles. The second-order valence-electron chi connectivity index (χ2n) is 3.79. The Hall–Kier alpha value is -2.22. The second kappa shape index (κ2) is 4.57. The standard InChI is InChI=1S/C10H11N5O3/c16-15-2-1-11-8(7-15)9-12-13-10(18-9)14-3-5-17-6-4-14/h1-2,7H,3-6H2. The number of nitrogens with zero attached hydrogens (tertiary/aromatic N) is 5. The summed E-state index contributed by atoms with van der Waals surface area (Å²) in [6.07, 6.45) is 3.97. The summed E-state index contributed by atoms with van der Waals surface area (Å²) < 4.78 is 11.4. The summed E-state index contributed by atoms with van der Waals surface area (Å²) >= 11 is 0. The van der Waals surface area contributed by atoms with Crippen LogP contribution in [0.1, 0.15) is 0 Å². The third kappa shape index (κ3) is 2.09. The van der Waals surface area contributed by atoms with E-state index in [-0.39, 0.29) is 5.89 Å². The second-order valence-corrected chi connectivity index (χ2v) is 3.79. The van der Waals surface area contributed by atoms with Gasteiger partial charge >= 0.3 is 6.01 Å². The number of hydrogen-bond acceptors (Lipinski definition) is 7. The lowest BCUT2D eigenvalue weighted by Crippen LogP contribution is -2.36. The van der Waals surface area contributed by atoms with Gasteiger partial charge in [0, 0.05) is 13.1 Å². The molecule has 2 aromatic rings. The Morgan fingerprint density at radius 2 is 2.11 bits per heavy atom. The van der Waals surface area contributed by atoms with E-state index in [1.807, 2.05) is 4.90 Å². The summed E-state index contributed by atoms with van der Waals surface area (Å²) in [5.74, 6) is 0.238. The molecule has 2 aromatic heterocycles. The van der Waals surface area contributed by atoms with E-state index in [9.17, 15) is 5.21 Å². The molecule has 1 fully saturated rings. The van der Waals surface area contributed by atoms with E-state index in [4.69, 9.17) is 9.15 Å². The summed E-state index contributed by atoms with van der Waals surface area (Å²) in [6, 6.07) is 0.427. The first kappa shape index (κ1) is 10.9. The van der Waals surface area contributed by atoms with Gasteiger partial charge in [0.2, 0.25) is 6.20 Å². The zero-order chi connectivity index (χ0) is 12.4. The van der Waals surface area contributed by atoms with Crippen LogP contribution >= 0.6 is 0 Å². The lowest BCUT2D eigenvalue weighted by molar-refractivity contribution is -0.605. The zero-order valence-electron chi connectivity index (χ0n) is 9.52. The van der Waals surface area contributed by atoms with Crippen LogP contribution in [0.2, 0.25) is 0 Å². The molecular weight excluding hydrogens is 238 g/mol. The molecule has 3 rings (SSSR count). The highest BCUT2D eigenvalue weighted by atomic mass is 16.5. The molecule has 1 aliphatic heterocycles. The van der Waals surface area contributed by atoms with Gasteiger partial charge < -0.3 is 19.3 Å². The first-order valence-corrected chi connectivity index (χ1v) is 5.54. The fourth-order valence-electron chi connectivity index (χ4n) is 1.69. The van der Waals surface area contributed by atoms with Crippen LogP contribution in [0, 0.1) is 5.21 Å². The predicted octanol–water partition coefficient (Wildman–Crippen LogP) is -0.398. The number of anilines is 1. The Bertz CT molecular complexity index is 538. The number of rotatable bonds is 2. The first-order valence-electron chi connectivity index (χ1n) is 5.54. The van der Waals surface area contributed by atoms with Gasteiger partial charge in [-0.25, -0.2) is 4.98 Å². The maximum absolute atomic E-state index is 11.1. The Kier molecular flexibility index (Phi) is 2.77. The van der Waals surface area contributed by atoms with Crippen LogP contribution in [0.5, 0.6) is 0 Å². The van der Waals surface area contributed by atoms with Crippen molar-refractivity contribution >= 4 is 6.01 Å². The molecule has 94 valence electrons. The van der Waals surface area contributed by atoms with Crippen molar-refractivity contribution in [2.45, 2.75) is 0 Å². The minimum Gasteiger partial charge on any atom is -0.619 e. The monoisotopic (exact) mass is 249 g/mol. The van der Waals surface area contributed by atoms with Crippen LogP contribution < -0.4 is 9.63 Å². The van der Waals surface area contributed by atoms with Gasteiger partial charge in [-0.2, -0.15) is 4.73 Å². The molecule has 0 radical (unpaired) electrons. The molecule has 0 bridgehead atoms. The van der Waals surface area contributed by atoms with Crippen molar-refractivity contribution in [1.29, 1.82) is 0 Å². The highest BCUT2D eigenvalue weighted by Gasteiger charge is 2.19. The lowest BCUT2D eigenvalue weighted by Gasteiger charge is -2.24. The summed E-state index contributed by atoms with van der Waals surface area (Å²) in [6.45, 7) is 2.71. The van der Waals surface area contributed by atoms with E-state index >= 15 is 0 Å².